The maximum absolute atomic E-state index is 5.96. The van der Waals surface area contributed by atoms with Crippen molar-refractivity contribution < 1.29 is 4.52 Å². The van der Waals surface area contributed by atoms with Crippen LogP contribution in [0.25, 0.3) is 0 Å². The van der Waals surface area contributed by atoms with E-state index in [1.807, 2.05) is 60.7 Å². The summed E-state index contributed by atoms with van der Waals surface area (Å²) >= 11 is 10.6. The molecule has 0 aliphatic heterocycles. The summed E-state index contributed by atoms with van der Waals surface area (Å²) in [7, 11) is 1.44. The SMILES string of the molecule is S=P(Oc1ccccc1)(SBr)Sc1ccccc1. The summed E-state index contributed by atoms with van der Waals surface area (Å²) in [6, 6.07) is 19.8. The van der Waals surface area contributed by atoms with Gasteiger partial charge in [0.15, 0.2) is 0 Å². The Bertz CT molecular complexity index is 490. The normalized spacial score (nSPS) is 13.8. The molecule has 2 aromatic rings. The Kier molecular flexibility index (Phi) is 5.64. The molecule has 1 unspecified atom stereocenters. The highest BCUT2D eigenvalue weighted by atomic mass is 79.9. The van der Waals surface area contributed by atoms with E-state index in [4.69, 9.17) is 16.3 Å². The van der Waals surface area contributed by atoms with Crippen molar-refractivity contribution in [2.75, 3.05) is 0 Å². The first kappa shape index (κ1) is 14.5. The summed E-state index contributed by atoms with van der Waals surface area (Å²) in [6.07, 6.45) is 0. The Morgan fingerprint density at radius 1 is 0.944 bits per heavy atom. The fraction of sp³-hybridized carbons (Fsp3) is 0. The van der Waals surface area contributed by atoms with E-state index in [2.05, 4.69) is 14.8 Å². The van der Waals surface area contributed by atoms with Crippen LogP contribution >= 0.6 is 40.7 Å². The van der Waals surface area contributed by atoms with Gasteiger partial charge < -0.3 is 4.52 Å². The Morgan fingerprint density at radius 2 is 1.50 bits per heavy atom. The van der Waals surface area contributed by atoms with Gasteiger partial charge in [0, 0.05) is 14.7 Å². The fourth-order valence-corrected chi connectivity index (χ4v) is 8.40. The van der Waals surface area contributed by atoms with Crippen LogP contribution in [0.15, 0.2) is 65.6 Å². The van der Waals surface area contributed by atoms with E-state index in [0.717, 1.165) is 10.6 Å². The van der Waals surface area contributed by atoms with E-state index in [1.165, 1.54) is 9.82 Å². The lowest BCUT2D eigenvalue weighted by molar-refractivity contribution is 0.638. The molecule has 0 aromatic heterocycles. The zero-order chi connectivity index (χ0) is 12.8. The minimum Gasteiger partial charge on any atom is -0.447 e. The van der Waals surface area contributed by atoms with Crippen LogP contribution in [0.5, 0.6) is 5.75 Å². The first-order chi connectivity index (χ1) is 8.72. The molecule has 2 aromatic carbocycles. The van der Waals surface area contributed by atoms with Gasteiger partial charge >= 0.3 is 0 Å². The minimum absolute atomic E-state index is 0.816. The van der Waals surface area contributed by atoms with Crippen molar-refractivity contribution in [1.82, 2.24) is 0 Å². The Hall–Kier alpha value is 0.0700. The molecule has 0 aliphatic carbocycles. The zero-order valence-electron chi connectivity index (χ0n) is 9.23. The van der Waals surface area contributed by atoms with Crippen molar-refractivity contribution in [3.8, 4) is 5.75 Å². The van der Waals surface area contributed by atoms with Crippen LogP contribution in [0.2, 0.25) is 0 Å². The molecule has 0 aliphatic rings. The molecule has 0 radical (unpaired) electrons. The number of hydrogen-bond acceptors (Lipinski definition) is 4. The van der Waals surface area contributed by atoms with E-state index < -0.39 is 4.67 Å². The summed E-state index contributed by atoms with van der Waals surface area (Å²) in [5.74, 6) is 0.816. The topological polar surface area (TPSA) is 9.23 Å². The smallest absolute Gasteiger partial charge is 0.237 e. The lowest BCUT2D eigenvalue weighted by atomic mass is 10.3. The molecule has 6 heteroatoms. The van der Waals surface area contributed by atoms with Gasteiger partial charge in [0.25, 0.3) is 0 Å². The Labute approximate surface area is 127 Å². The third kappa shape index (κ3) is 4.32. The summed E-state index contributed by atoms with van der Waals surface area (Å²) in [5.41, 5.74) is 0. The quantitative estimate of drug-likeness (QED) is 0.580. The standard InChI is InChI=1S/C12H10BrOPS3/c13-18-15(16,14-11-7-3-1-4-8-11)17-12-9-5-2-6-10-12/h1-10H. The van der Waals surface area contributed by atoms with Gasteiger partial charge in [-0.25, -0.2) is 0 Å². The van der Waals surface area contributed by atoms with Gasteiger partial charge in [-0.05, 0) is 62.3 Å². The van der Waals surface area contributed by atoms with Crippen molar-refractivity contribution in [3.05, 3.63) is 60.7 Å². The van der Waals surface area contributed by atoms with Gasteiger partial charge in [-0.2, -0.15) is 0 Å². The van der Waals surface area contributed by atoms with Crippen molar-refractivity contribution in [1.29, 1.82) is 0 Å². The van der Waals surface area contributed by atoms with Crippen LogP contribution < -0.4 is 4.52 Å². The van der Waals surface area contributed by atoms with Gasteiger partial charge in [-0.15, -0.1) is 0 Å². The maximum atomic E-state index is 5.96. The van der Waals surface area contributed by atoms with Gasteiger partial charge in [0.1, 0.15) is 5.75 Å². The molecule has 0 saturated carbocycles. The molecule has 0 saturated heterocycles. The highest BCUT2D eigenvalue weighted by Crippen LogP contribution is 2.73. The number of para-hydroxylation sites is 1. The Morgan fingerprint density at radius 3 is 2.06 bits per heavy atom. The number of benzene rings is 2. The summed E-state index contributed by atoms with van der Waals surface area (Å²) in [4.78, 5) is 1.13. The third-order valence-electron chi connectivity index (χ3n) is 2.01. The molecule has 1 nitrogen and oxygen atoms in total. The van der Waals surface area contributed by atoms with Crippen LogP contribution in [0.3, 0.4) is 0 Å². The van der Waals surface area contributed by atoms with E-state index >= 15 is 0 Å². The fourth-order valence-electron chi connectivity index (χ4n) is 1.27. The molecule has 1 atom stereocenters. The maximum Gasteiger partial charge on any atom is 0.237 e. The van der Waals surface area contributed by atoms with Crippen molar-refractivity contribution in [2.24, 2.45) is 0 Å². The van der Waals surface area contributed by atoms with Crippen LogP contribution in [0.4, 0.5) is 0 Å². The van der Waals surface area contributed by atoms with Crippen LogP contribution in [-0.2, 0) is 11.8 Å². The van der Waals surface area contributed by atoms with Crippen LogP contribution in [-0.4, -0.2) is 0 Å². The number of halogens is 1. The summed E-state index contributed by atoms with van der Waals surface area (Å²) in [6.45, 7) is 0. The number of hydrogen-bond donors (Lipinski definition) is 0. The predicted octanol–water partition coefficient (Wildman–Crippen LogP) is 6.13. The minimum atomic E-state index is -2.06. The van der Waals surface area contributed by atoms with Gasteiger partial charge in [0.05, 0.1) is 0 Å². The van der Waals surface area contributed by atoms with Crippen molar-refractivity contribution in [2.45, 2.75) is 4.90 Å². The molecule has 94 valence electrons. The Balaban J connectivity index is 2.14. The molecular formula is C12H10BrOPS3. The lowest BCUT2D eigenvalue weighted by Gasteiger charge is -2.18. The van der Waals surface area contributed by atoms with E-state index in [9.17, 15) is 0 Å². The highest BCUT2D eigenvalue weighted by Gasteiger charge is 2.21. The molecule has 0 amide bonds. The lowest BCUT2D eigenvalue weighted by Crippen LogP contribution is -1.84. The van der Waals surface area contributed by atoms with Gasteiger partial charge in [0.2, 0.25) is 4.67 Å². The predicted molar refractivity (Wildman–Crippen MR) is 90.2 cm³/mol. The van der Waals surface area contributed by atoms with E-state index in [1.54, 1.807) is 11.4 Å². The molecule has 2 rings (SSSR count). The van der Waals surface area contributed by atoms with Crippen molar-refractivity contribution in [3.63, 3.8) is 0 Å². The van der Waals surface area contributed by atoms with E-state index in [0.29, 0.717) is 0 Å². The molecule has 0 spiro atoms. The molecule has 18 heavy (non-hydrogen) atoms. The second-order valence-corrected chi connectivity index (χ2v) is 15.5. The average molecular weight is 377 g/mol. The second kappa shape index (κ2) is 7.01. The van der Waals surface area contributed by atoms with Gasteiger partial charge in [-0.1, -0.05) is 36.4 Å². The van der Waals surface area contributed by atoms with Gasteiger partial charge in [-0.3, -0.25) is 0 Å². The highest BCUT2D eigenvalue weighted by molar-refractivity contribution is 9.61. The van der Waals surface area contributed by atoms with E-state index in [-0.39, 0.29) is 0 Å². The summed E-state index contributed by atoms with van der Waals surface area (Å²) in [5, 5.41) is 0. The monoisotopic (exact) mass is 376 g/mol. The third-order valence-corrected chi connectivity index (χ3v) is 15.6. The molecule has 0 heterocycles. The van der Waals surface area contributed by atoms with Crippen LogP contribution in [0.1, 0.15) is 0 Å². The molecule has 0 N–H and O–H groups in total. The summed E-state index contributed by atoms with van der Waals surface area (Å²) < 4.78 is 3.90. The first-order valence-electron chi connectivity index (χ1n) is 5.11. The largest absolute Gasteiger partial charge is 0.447 e. The first-order valence-corrected chi connectivity index (χ1v) is 12.5. The van der Waals surface area contributed by atoms with Crippen molar-refractivity contribution >= 4 is 52.5 Å². The second-order valence-electron chi connectivity index (χ2n) is 3.32. The molecule has 0 fully saturated rings. The number of rotatable bonds is 5. The van der Waals surface area contributed by atoms with Crippen LogP contribution in [0, 0.1) is 0 Å². The average Bonchev–Trinajstić information content (AvgIpc) is 2.41. The molecule has 0 bridgehead atoms. The zero-order valence-corrected chi connectivity index (χ0v) is 14.2. The molecular weight excluding hydrogens is 367 g/mol.